The Labute approximate surface area is 118 Å². The molecule has 0 radical (unpaired) electrons. The van der Waals surface area contributed by atoms with E-state index < -0.39 is 0 Å². The first-order valence-corrected chi connectivity index (χ1v) is 7.38. The van der Waals surface area contributed by atoms with Crippen LogP contribution < -0.4 is 15.0 Å². The summed E-state index contributed by atoms with van der Waals surface area (Å²) < 4.78 is 5.75. The van der Waals surface area contributed by atoms with Crippen molar-refractivity contribution in [2.24, 2.45) is 0 Å². The van der Waals surface area contributed by atoms with Gasteiger partial charge in [0.15, 0.2) is 0 Å². The Bertz CT molecular complexity index is 485. The van der Waals surface area contributed by atoms with Crippen LogP contribution in [0.1, 0.15) is 6.42 Å². The molecule has 1 aromatic heterocycles. The number of nitrogens with zero attached hydrogens (tertiary/aromatic N) is 1. The average Bonchev–Trinajstić information content (AvgIpc) is 2.98. The zero-order chi connectivity index (χ0) is 13.5. The molecule has 1 aromatic carbocycles. The topological polar surface area (TPSA) is 24.5 Å². The highest BCUT2D eigenvalue weighted by Crippen LogP contribution is 2.18. The molecule has 19 heavy (non-hydrogen) atoms. The van der Waals surface area contributed by atoms with E-state index in [0.717, 1.165) is 31.0 Å². The van der Waals surface area contributed by atoms with Crippen molar-refractivity contribution in [3.05, 3.63) is 41.1 Å². The van der Waals surface area contributed by atoms with Crippen molar-refractivity contribution in [3.63, 3.8) is 0 Å². The minimum Gasteiger partial charge on any atom is -0.493 e. The van der Waals surface area contributed by atoms with Crippen molar-refractivity contribution < 1.29 is 4.74 Å². The van der Waals surface area contributed by atoms with E-state index in [1.54, 1.807) is 11.3 Å². The zero-order valence-corrected chi connectivity index (χ0v) is 12.2. The lowest BCUT2D eigenvalue weighted by Crippen LogP contribution is -2.19. The van der Waals surface area contributed by atoms with Crippen LogP contribution in [0.2, 0.25) is 0 Å². The standard InChI is InChI=1S/C15H20N2OS/c1-16-13-5-3-6-15(11-13)18-9-4-8-17(2)14-7-10-19-12-14/h3,5-7,10-12,16H,4,8-9H2,1-2H3. The molecule has 2 aromatic rings. The molecule has 0 fully saturated rings. The summed E-state index contributed by atoms with van der Waals surface area (Å²) in [6.45, 7) is 1.74. The minimum absolute atomic E-state index is 0.738. The summed E-state index contributed by atoms with van der Waals surface area (Å²) in [5.41, 5.74) is 2.36. The van der Waals surface area contributed by atoms with Crippen LogP contribution in [-0.4, -0.2) is 27.2 Å². The van der Waals surface area contributed by atoms with E-state index >= 15 is 0 Å². The molecule has 0 aliphatic rings. The number of thiophene rings is 1. The lowest BCUT2D eigenvalue weighted by atomic mass is 10.3. The molecule has 0 aliphatic carbocycles. The van der Waals surface area contributed by atoms with Crippen LogP contribution in [-0.2, 0) is 0 Å². The summed E-state index contributed by atoms with van der Waals surface area (Å²) in [5, 5.41) is 7.37. The first-order valence-electron chi connectivity index (χ1n) is 6.43. The molecule has 2 rings (SSSR count). The smallest absolute Gasteiger partial charge is 0.121 e. The lowest BCUT2D eigenvalue weighted by Gasteiger charge is -2.17. The molecule has 0 bridgehead atoms. The van der Waals surface area contributed by atoms with E-state index in [-0.39, 0.29) is 0 Å². The van der Waals surface area contributed by atoms with Gasteiger partial charge in [0.05, 0.1) is 6.61 Å². The second kappa shape index (κ2) is 7.04. The van der Waals surface area contributed by atoms with Crippen molar-refractivity contribution in [1.29, 1.82) is 0 Å². The summed E-state index contributed by atoms with van der Waals surface area (Å²) in [7, 11) is 4.03. The number of benzene rings is 1. The number of hydrogen-bond acceptors (Lipinski definition) is 4. The monoisotopic (exact) mass is 276 g/mol. The van der Waals surface area contributed by atoms with Crippen molar-refractivity contribution in [1.82, 2.24) is 0 Å². The maximum absolute atomic E-state index is 5.75. The van der Waals surface area contributed by atoms with Crippen LogP contribution in [0.4, 0.5) is 11.4 Å². The fourth-order valence-electron chi connectivity index (χ4n) is 1.84. The average molecular weight is 276 g/mol. The number of hydrogen-bond donors (Lipinski definition) is 1. The molecule has 0 aliphatic heterocycles. The second-order valence-corrected chi connectivity index (χ2v) is 5.16. The fraction of sp³-hybridized carbons (Fsp3) is 0.333. The molecule has 0 unspecified atom stereocenters. The largest absolute Gasteiger partial charge is 0.493 e. The minimum atomic E-state index is 0.738. The van der Waals surface area contributed by atoms with Gasteiger partial charge < -0.3 is 15.0 Å². The molecule has 0 amide bonds. The van der Waals surface area contributed by atoms with Crippen molar-refractivity contribution in [2.45, 2.75) is 6.42 Å². The molecule has 3 nitrogen and oxygen atoms in total. The SMILES string of the molecule is CNc1cccc(OCCCN(C)c2ccsc2)c1. The Morgan fingerprint density at radius 1 is 1.32 bits per heavy atom. The molecule has 0 spiro atoms. The summed E-state index contributed by atoms with van der Waals surface area (Å²) in [6.07, 6.45) is 1.01. The van der Waals surface area contributed by atoms with Gasteiger partial charge >= 0.3 is 0 Å². The predicted octanol–water partition coefficient (Wildman–Crippen LogP) is 3.70. The molecule has 0 atom stereocenters. The van der Waals surface area contributed by atoms with Gasteiger partial charge in [-0.05, 0) is 30.0 Å². The van der Waals surface area contributed by atoms with Gasteiger partial charge in [-0.25, -0.2) is 0 Å². The second-order valence-electron chi connectivity index (χ2n) is 4.38. The summed E-state index contributed by atoms with van der Waals surface area (Å²) >= 11 is 1.73. The highest BCUT2D eigenvalue weighted by atomic mass is 32.1. The van der Waals surface area contributed by atoms with Gasteiger partial charge in [-0.15, -0.1) is 0 Å². The number of anilines is 2. The Hall–Kier alpha value is -1.68. The van der Waals surface area contributed by atoms with Gasteiger partial charge in [0.2, 0.25) is 0 Å². The highest BCUT2D eigenvalue weighted by Gasteiger charge is 2.01. The van der Waals surface area contributed by atoms with Gasteiger partial charge in [-0.1, -0.05) is 6.07 Å². The van der Waals surface area contributed by atoms with Crippen molar-refractivity contribution >= 4 is 22.7 Å². The highest BCUT2D eigenvalue weighted by molar-refractivity contribution is 7.08. The summed E-state index contributed by atoms with van der Waals surface area (Å²) in [5.74, 6) is 0.921. The molecule has 4 heteroatoms. The molecular weight excluding hydrogens is 256 g/mol. The van der Waals surface area contributed by atoms with E-state index in [0.29, 0.717) is 0 Å². The first kappa shape index (κ1) is 13.7. The molecule has 102 valence electrons. The number of ether oxygens (including phenoxy) is 1. The van der Waals surface area contributed by atoms with Crippen LogP contribution >= 0.6 is 11.3 Å². The molecule has 1 heterocycles. The fourth-order valence-corrected chi connectivity index (χ4v) is 2.53. The summed E-state index contributed by atoms with van der Waals surface area (Å²) in [4.78, 5) is 2.25. The van der Waals surface area contributed by atoms with Gasteiger partial charge in [0.1, 0.15) is 5.75 Å². The third kappa shape index (κ3) is 4.17. The van der Waals surface area contributed by atoms with Crippen molar-refractivity contribution in [3.8, 4) is 5.75 Å². The van der Waals surface area contributed by atoms with E-state index in [2.05, 4.69) is 34.1 Å². The maximum Gasteiger partial charge on any atom is 0.121 e. The van der Waals surface area contributed by atoms with E-state index in [1.807, 2.05) is 31.3 Å². The maximum atomic E-state index is 5.75. The van der Waals surface area contributed by atoms with Gasteiger partial charge in [-0.3, -0.25) is 0 Å². The number of nitrogens with one attached hydrogen (secondary N) is 1. The van der Waals surface area contributed by atoms with Crippen molar-refractivity contribution in [2.75, 3.05) is 37.5 Å². The van der Waals surface area contributed by atoms with Crippen LogP contribution in [0.25, 0.3) is 0 Å². The van der Waals surface area contributed by atoms with Crippen LogP contribution in [0, 0.1) is 0 Å². The Morgan fingerprint density at radius 3 is 2.95 bits per heavy atom. The van der Waals surface area contributed by atoms with Gasteiger partial charge in [0.25, 0.3) is 0 Å². The normalized spacial score (nSPS) is 10.2. The Balaban J connectivity index is 1.71. The lowest BCUT2D eigenvalue weighted by molar-refractivity contribution is 0.312. The summed E-state index contributed by atoms with van der Waals surface area (Å²) in [6, 6.07) is 10.2. The molecule has 0 saturated carbocycles. The van der Waals surface area contributed by atoms with E-state index in [9.17, 15) is 0 Å². The Morgan fingerprint density at radius 2 is 2.21 bits per heavy atom. The van der Waals surface area contributed by atoms with Crippen LogP contribution in [0.5, 0.6) is 5.75 Å². The third-order valence-electron chi connectivity index (χ3n) is 2.98. The molecular formula is C15H20N2OS. The Kier molecular flexibility index (Phi) is 5.10. The van der Waals surface area contributed by atoms with Gasteiger partial charge in [-0.2, -0.15) is 11.3 Å². The molecule has 1 N–H and O–H groups in total. The predicted molar refractivity (Wildman–Crippen MR) is 83.7 cm³/mol. The van der Waals surface area contributed by atoms with Gasteiger partial charge in [0, 0.05) is 43.5 Å². The van der Waals surface area contributed by atoms with E-state index in [4.69, 9.17) is 4.74 Å². The van der Waals surface area contributed by atoms with E-state index in [1.165, 1.54) is 5.69 Å². The van der Waals surface area contributed by atoms with Crippen LogP contribution in [0.3, 0.4) is 0 Å². The molecule has 0 saturated heterocycles. The zero-order valence-electron chi connectivity index (χ0n) is 11.4. The first-order chi connectivity index (χ1) is 9.29. The van der Waals surface area contributed by atoms with Crippen LogP contribution in [0.15, 0.2) is 41.1 Å². The number of rotatable bonds is 7. The third-order valence-corrected chi connectivity index (χ3v) is 3.65. The quantitative estimate of drug-likeness (QED) is 0.780.